The van der Waals surface area contributed by atoms with Crippen LogP contribution in [0.25, 0.3) is 11.1 Å². The molecule has 0 radical (unpaired) electrons. The molecule has 0 aromatic heterocycles. The molecule has 0 saturated heterocycles. The van der Waals surface area contributed by atoms with Crippen molar-refractivity contribution in [3.05, 3.63) is 129 Å². The van der Waals surface area contributed by atoms with Gasteiger partial charge in [0.15, 0.2) is 0 Å². The zero-order valence-corrected chi connectivity index (χ0v) is 22.9. The molecule has 0 nitrogen and oxygen atoms in total. The summed E-state index contributed by atoms with van der Waals surface area (Å²) in [5.41, 5.74) is 16.4. The van der Waals surface area contributed by atoms with E-state index in [2.05, 4.69) is 101 Å². The monoisotopic (exact) mass is 502 g/mol. The Morgan fingerprint density at radius 2 is 0.889 bits per heavy atom. The van der Waals surface area contributed by atoms with Gasteiger partial charge in [0.05, 0.1) is 0 Å². The van der Waals surface area contributed by atoms with Crippen LogP contribution in [0, 0.1) is 11.8 Å². The molecule has 2 heteroatoms. The summed E-state index contributed by atoms with van der Waals surface area (Å²) in [5.74, 6) is 0.580. The van der Waals surface area contributed by atoms with Crippen molar-refractivity contribution >= 4 is 45.3 Å². The molecule has 2 aromatic carbocycles. The van der Waals surface area contributed by atoms with Crippen LogP contribution >= 0.6 is 24.4 Å². The Labute approximate surface area is 225 Å². The number of fused-ring (bicyclic) bond motifs is 2. The normalized spacial score (nSPS) is 23.2. The average molecular weight is 503 g/mol. The van der Waals surface area contributed by atoms with Crippen molar-refractivity contribution in [1.82, 2.24) is 0 Å². The molecule has 0 amide bonds. The minimum Gasteiger partial charge on any atom is -0.0795 e. The Hall–Kier alpha value is -2.94. The summed E-state index contributed by atoms with van der Waals surface area (Å²) in [5, 5.41) is 0. The lowest BCUT2D eigenvalue weighted by atomic mass is 9.87. The smallest absolute Gasteiger partial charge is 0.0447 e. The van der Waals surface area contributed by atoms with Gasteiger partial charge in [-0.15, -0.1) is 0 Å². The van der Waals surface area contributed by atoms with E-state index in [1.54, 1.807) is 0 Å². The van der Waals surface area contributed by atoms with Gasteiger partial charge in [0, 0.05) is 21.6 Å². The molecule has 0 bridgehead atoms. The summed E-state index contributed by atoms with van der Waals surface area (Å²) in [6.07, 6.45) is 6.77. The van der Waals surface area contributed by atoms with Crippen molar-refractivity contribution < 1.29 is 0 Å². The van der Waals surface area contributed by atoms with Crippen molar-refractivity contribution in [3.8, 4) is 0 Å². The van der Waals surface area contributed by atoms with Crippen molar-refractivity contribution in [3.63, 3.8) is 0 Å². The van der Waals surface area contributed by atoms with Gasteiger partial charge in [-0.3, -0.25) is 0 Å². The standard InChI is InChI=1S/C34H30S2/c1-19-17-27-29(33(19)35)21(3)25(31(27)23-11-7-5-8-12-23)15-16-26-22(4)30-28(18-20(2)34(30)36)32(26)24-13-9-6-10-14-24/h5-14,17-18,27-28H,15-16H2,1-4H3. The molecule has 36 heavy (non-hydrogen) atoms. The first-order valence-corrected chi connectivity index (χ1v) is 13.7. The third-order valence-corrected chi connectivity index (χ3v) is 9.52. The fraction of sp³-hybridized carbons (Fsp3) is 0.235. The van der Waals surface area contributed by atoms with Gasteiger partial charge in [-0.1, -0.05) is 97.3 Å². The van der Waals surface area contributed by atoms with Crippen LogP contribution in [0.15, 0.2) is 117 Å². The van der Waals surface area contributed by atoms with Crippen molar-refractivity contribution in [1.29, 1.82) is 0 Å². The van der Waals surface area contributed by atoms with Crippen LogP contribution in [-0.2, 0) is 0 Å². The number of rotatable bonds is 5. The summed E-state index contributed by atoms with van der Waals surface area (Å²) in [6, 6.07) is 21.8. The van der Waals surface area contributed by atoms with E-state index < -0.39 is 0 Å². The molecule has 0 saturated carbocycles. The molecule has 0 fully saturated rings. The van der Waals surface area contributed by atoms with E-state index in [0.29, 0.717) is 0 Å². The second-order valence-electron chi connectivity index (χ2n) is 10.4. The molecule has 2 unspecified atom stereocenters. The first-order valence-electron chi connectivity index (χ1n) is 12.8. The third kappa shape index (κ3) is 3.46. The van der Waals surface area contributed by atoms with Crippen LogP contribution < -0.4 is 0 Å². The van der Waals surface area contributed by atoms with Crippen LogP contribution in [0.2, 0.25) is 0 Å². The third-order valence-electron chi connectivity index (χ3n) is 8.44. The predicted octanol–water partition coefficient (Wildman–Crippen LogP) is 9.23. The molecular weight excluding hydrogens is 473 g/mol. The molecule has 0 N–H and O–H groups in total. The average Bonchev–Trinajstić information content (AvgIpc) is 3.53. The molecule has 4 aliphatic rings. The molecule has 2 atom stereocenters. The van der Waals surface area contributed by atoms with Gasteiger partial charge in [0.25, 0.3) is 0 Å². The largest absolute Gasteiger partial charge is 0.0795 e. The molecular formula is C34H30S2. The topological polar surface area (TPSA) is 0 Å². The van der Waals surface area contributed by atoms with Crippen molar-refractivity contribution in [2.45, 2.75) is 40.5 Å². The first kappa shape index (κ1) is 23.5. The zero-order chi connectivity index (χ0) is 25.1. The van der Waals surface area contributed by atoms with E-state index in [1.165, 1.54) is 66.9 Å². The summed E-state index contributed by atoms with van der Waals surface area (Å²) in [6.45, 7) is 8.89. The van der Waals surface area contributed by atoms with Crippen LogP contribution in [-0.4, -0.2) is 9.73 Å². The van der Waals surface area contributed by atoms with E-state index in [1.807, 2.05) is 0 Å². The highest BCUT2D eigenvalue weighted by atomic mass is 32.1. The molecule has 0 aliphatic heterocycles. The summed E-state index contributed by atoms with van der Waals surface area (Å²) in [4.78, 5) is 2.09. The van der Waals surface area contributed by atoms with Crippen LogP contribution in [0.5, 0.6) is 0 Å². The molecule has 178 valence electrons. The predicted molar refractivity (Wildman–Crippen MR) is 161 cm³/mol. The number of allylic oxidation sites excluding steroid dienone is 12. The zero-order valence-electron chi connectivity index (χ0n) is 21.3. The van der Waals surface area contributed by atoms with E-state index in [0.717, 1.165) is 22.6 Å². The van der Waals surface area contributed by atoms with Crippen molar-refractivity contribution in [2.24, 2.45) is 11.8 Å². The van der Waals surface area contributed by atoms with Crippen LogP contribution in [0.1, 0.15) is 51.7 Å². The Kier molecular flexibility index (Phi) is 5.78. The van der Waals surface area contributed by atoms with E-state index in [-0.39, 0.29) is 11.8 Å². The lowest BCUT2D eigenvalue weighted by Gasteiger charge is -2.17. The Balaban J connectivity index is 1.46. The lowest BCUT2D eigenvalue weighted by Crippen LogP contribution is -2.01. The number of hydrogen-bond donors (Lipinski definition) is 0. The fourth-order valence-corrected chi connectivity index (χ4v) is 7.43. The maximum atomic E-state index is 5.89. The molecule has 6 rings (SSSR count). The quantitative estimate of drug-likeness (QED) is 0.374. The maximum Gasteiger partial charge on any atom is 0.0447 e. The SMILES string of the molecule is CC1=CC2C(=C(C)C(CCC3=C(c4ccccc4)C4C=C(C)C(=S)C4=C3C)=C2c2ccccc2)C1=S. The van der Waals surface area contributed by atoms with E-state index in [4.69, 9.17) is 24.4 Å². The van der Waals surface area contributed by atoms with Crippen molar-refractivity contribution in [2.75, 3.05) is 0 Å². The molecule has 4 aliphatic carbocycles. The highest BCUT2D eigenvalue weighted by Crippen LogP contribution is 2.53. The van der Waals surface area contributed by atoms with Gasteiger partial charge in [-0.2, -0.15) is 0 Å². The molecule has 0 spiro atoms. The van der Waals surface area contributed by atoms with Crippen LogP contribution in [0.4, 0.5) is 0 Å². The number of benzene rings is 2. The summed E-state index contributed by atoms with van der Waals surface area (Å²) < 4.78 is 0. The van der Waals surface area contributed by atoms with E-state index in [9.17, 15) is 0 Å². The van der Waals surface area contributed by atoms with Gasteiger partial charge in [0.1, 0.15) is 0 Å². The second kappa shape index (κ2) is 8.87. The fourth-order valence-electron chi connectivity index (χ4n) is 6.73. The minimum absolute atomic E-state index is 0.290. The van der Waals surface area contributed by atoms with Crippen LogP contribution in [0.3, 0.4) is 0 Å². The van der Waals surface area contributed by atoms with Gasteiger partial charge >= 0.3 is 0 Å². The molecule has 2 aromatic rings. The summed E-state index contributed by atoms with van der Waals surface area (Å²) in [7, 11) is 0. The highest BCUT2D eigenvalue weighted by molar-refractivity contribution is 7.81. The van der Waals surface area contributed by atoms with Gasteiger partial charge in [0.2, 0.25) is 0 Å². The second-order valence-corrected chi connectivity index (χ2v) is 11.2. The van der Waals surface area contributed by atoms with Gasteiger partial charge in [-0.25, -0.2) is 0 Å². The maximum absolute atomic E-state index is 5.89. The van der Waals surface area contributed by atoms with Gasteiger partial charge in [-0.05, 0) is 107 Å². The number of thiocarbonyl (C=S) groups is 2. The van der Waals surface area contributed by atoms with E-state index >= 15 is 0 Å². The number of hydrogen-bond acceptors (Lipinski definition) is 2. The summed E-state index contributed by atoms with van der Waals surface area (Å²) >= 11 is 11.8. The Bertz CT molecular complexity index is 1400. The minimum atomic E-state index is 0.290. The first-order chi connectivity index (χ1) is 17.4. The molecule has 0 heterocycles. The van der Waals surface area contributed by atoms with Gasteiger partial charge < -0.3 is 0 Å². The lowest BCUT2D eigenvalue weighted by molar-refractivity contribution is 0.944. The Morgan fingerprint density at radius 3 is 1.25 bits per heavy atom. The Morgan fingerprint density at radius 1 is 0.528 bits per heavy atom. The highest BCUT2D eigenvalue weighted by Gasteiger charge is 2.39.